The van der Waals surface area contributed by atoms with Crippen molar-refractivity contribution in [3.05, 3.63) is 0 Å². The Morgan fingerprint density at radius 2 is 1.82 bits per heavy atom. The lowest BCUT2D eigenvalue weighted by Crippen LogP contribution is -2.53. The van der Waals surface area contributed by atoms with Gasteiger partial charge in [-0.2, -0.15) is 0 Å². The van der Waals surface area contributed by atoms with Gasteiger partial charge in [0.2, 0.25) is 0 Å². The first kappa shape index (κ1) is 16.3. The van der Waals surface area contributed by atoms with E-state index >= 15 is 0 Å². The summed E-state index contributed by atoms with van der Waals surface area (Å²) in [7, 11) is 1.61. The van der Waals surface area contributed by atoms with Crippen molar-refractivity contribution in [3.8, 4) is 0 Å². The van der Waals surface area contributed by atoms with Crippen LogP contribution in [0.4, 0.5) is 0 Å². The van der Waals surface area contributed by atoms with Gasteiger partial charge in [0.15, 0.2) is 0 Å². The highest BCUT2D eigenvalue weighted by molar-refractivity contribution is 5.78. The minimum Gasteiger partial charge on any atom is -0.480 e. The first-order valence-electron chi connectivity index (χ1n) is 5.69. The Morgan fingerprint density at radius 3 is 2.35 bits per heavy atom. The SMILES string of the molecule is CCNC(C)(COCCOCCOC)C(=O)O. The smallest absolute Gasteiger partial charge is 0.326 e. The standard InChI is InChI=1S/C11H23NO5/c1-4-12-11(2,10(13)14)9-17-8-7-16-6-5-15-3/h12H,4-9H2,1-3H3,(H,13,14). The maximum atomic E-state index is 11.0. The summed E-state index contributed by atoms with van der Waals surface area (Å²) in [6, 6.07) is 0. The lowest BCUT2D eigenvalue weighted by molar-refractivity contribution is -0.147. The van der Waals surface area contributed by atoms with Crippen LogP contribution in [0, 0.1) is 0 Å². The molecule has 0 aliphatic carbocycles. The maximum absolute atomic E-state index is 11.0. The number of methoxy groups -OCH3 is 1. The molecule has 0 rings (SSSR count). The van der Waals surface area contributed by atoms with Gasteiger partial charge in [0.1, 0.15) is 5.54 Å². The van der Waals surface area contributed by atoms with Crippen molar-refractivity contribution in [2.24, 2.45) is 0 Å². The molecule has 0 amide bonds. The van der Waals surface area contributed by atoms with E-state index in [0.717, 1.165) is 0 Å². The molecule has 0 aliphatic heterocycles. The maximum Gasteiger partial charge on any atom is 0.326 e. The van der Waals surface area contributed by atoms with E-state index in [-0.39, 0.29) is 6.61 Å². The van der Waals surface area contributed by atoms with Crippen LogP contribution in [-0.4, -0.2) is 63.3 Å². The summed E-state index contributed by atoms with van der Waals surface area (Å²) < 4.78 is 15.3. The molecule has 6 heteroatoms. The van der Waals surface area contributed by atoms with E-state index in [2.05, 4.69) is 5.32 Å². The van der Waals surface area contributed by atoms with Gasteiger partial charge in [0, 0.05) is 7.11 Å². The Bertz CT molecular complexity index is 212. The van der Waals surface area contributed by atoms with E-state index in [4.69, 9.17) is 19.3 Å². The zero-order valence-electron chi connectivity index (χ0n) is 10.8. The van der Waals surface area contributed by atoms with Crippen molar-refractivity contribution in [1.29, 1.82) is 0 Å². The minimum atomic E-state index is -1.04. The summed E-state index contributed by atoms with van der Waals surface area (Å²) in [6.07, 6.45) is 0. The van der Waals surface area contributed by atoms with E-state index in [0.29, 0.717) is 33.0 Å². The molecule has 0 heterocycles. The molecule has 1 atom stereocenters. The Kier molecular flexibility index (Phi) is 8.97. The van der Waals surface area contributed by atoms with Crippen LogP contribution < -0.4 is 5.32 Å². The van der Waals surface area contributed by atoms with Crippen LogP contribution in [-0.2, 0) is 19.0 Å². The summed E-state index contributed by atoms with van der Waals surface area (Å²) in [5.74, 6) is -0.917. The van der Waals surface area contributed by atoms with Crippen LogP contribution >= 0.6 is 0 Å². The number of carbonyl (C=O) groups is 1. The Hall–Kier alpha value is -0.690. The number of hydrogen-bond donors (Lipinski definition) is 2. The Balaban J connectivity index is 3.65. The molecule has 6 nitrogen and oxygen atoms in total. The van der Waals surface area contributed by atoms with E-state index in [1.807, 2.05) is 6.92 Å². The normalized spacial score (nSPS) is 14.5. The average Bonchev–Trinajstić information content (AvgIpc) is 2.28. The Morgan fingerprint density at radius 1 is 1.24 bits per heavy atom. The summed E-state index contributed by atoms with van der Waals surface area (Å²) in [5.41, 5.74) is -1.04. The number of nitrogens with one attached hydrogen (secondary N) is 1. The largest absolute Gasteiger partial charge is 0.480 e. The number of carboxylic acids is 1. The van der Waals surface area contributed by atoms with Gasteiger partial charge in [0.25, 0.3) is 0 Å². The van der Waals surface area contributed by atoms with Gasteiger partial charge in [-0.05, 0) is 13.5 Å². The molecule has 0 saturated carbocycles. The number of ether oxygens (including phenoxy) is 3. The fourth-order valence-electron chi connectivity index (χ4n) is 1.22. The minimum absolute atomic E-state index is 0.115. The van der Waals surface area contributed by atoms with Crippen LogP contribution in [0.1, 0.15) is 13.8 Å². The lowest BCUT2D eigenvalue weighted by atomic mass is 10.0. The zero-order chi connectivity index (χ0) is 13.1. The van der Waals surface area contributed by atoms with Gasteiger partial charge < -0.3 is 24.6 Å². The molecule has 0 saturated heterocycles. The van der Waals surface area contributed by atoms with Gasteiger partial charge >= 0.3 is 5.97 Å². The first-order valence-corrected chi connectivity index (χ1v) is 5.69. The lowest BCUT2D eigenvalue weighted by Gasteiger charge is -2.25. The van der Waals surface area contributed by atoms with Crippen LogP contribution in [0.25, 0.3) is 0 Å². The molecule has 1 unspecified atom stereocenters. The zero-order valence-corrected chi connectivity index (χ0v) is 10.8. The molecule has 0 aliphatic rings. The predicted molar refractivity (Wildman–Crippen MR) is 63.2 cm³/mol. The van der Waals surface area contributed by atoms with Crippen molar-refractivity contribution in [1.82, 2.24) is 5.32 Å². The molecule has 2 N–H and O–H groups in total. The van der Waals surface area contributed by atoms with Crippen LogP contribution in [0.5, 0.6) is 0 Å². The van der Waals surface area contributed by atoms with E-state index in [1.165, 1.54) is 0 Å². The third-order valence-electron chi connectivity index (χ3n) is 2.23. The number of likely N-dealkylation sites (N-methyl/N-ethyl adjacent to an activating group) is 1. The number of hydrogen-bond acceptors (Lipinski definition) is 5. The summed E-state index contributed by atoms with van der Waals surface area (Å²) in [5, 5.41) is 11.9. The molecule has 0 aromatic rings. The van der Waals surface area contributed by atoms with Gasteiger partial charge in [-0.15, -0.1) is 0 Å². The molecule has 17 heavy (non-hydrogen) atoms. The molecule has 0 bridgehead atoms. The summed E-state index contributed by atoms with van der Waals surface area (Å²) in [4.78, 5) is 11.0. The van der Waals surface area contributed by atoms with Gasteiger partial charge in [-0.1, -0.05) is 6.92 Å². The monoisotopic (exact) mass is 249 g/mol. The Labute approximate surface area is 102 Å². The van der Waals surface area contributed by atoms with Crippen molar-refractivity contribution < 1.29 is 24.1 Å². The number of rotatable bonds is 11. The molecular formula is C11H23NO5. The second-order valence-electron chi connectivity index (χ2n) is 3.83. The van der Waals surface area contributed by atoms with Gasteiger partial charge in [-0.25, -0.2) is 0 Å². The van der Waals surface area contributed by atoms with Crippen molar-refractivity contribution in [2.45, 2.75) is 19.4 Å². The van der Waals surface area contributed by atoms with Gasteiger partial charge in [-0.3, -0.25) is 4.79 Å². The average molecular weight is 249 g/mol. The van der Waals surface area contributed by atoms with Crippen LogP contribution in [0.15, 0.2) is 0 Å². The molecule has 0 spiro atoms. The van der Waals surface area contributed by atoms with E-state index in [1.54, 1.807) is 14.0 Å². The van der Waals surface area contributed by atoms with Crippen LogP contribution in [0.2, 0.25) is 0 Å². The molecule has 0 aromatic heterocycles. The van der Waals surface area contributed by atoms with Gasteiger partial charge in [0.05, 0.1) is 33.0 Å². The summed E-state index contributed by atoms with van der Waals surface area (Å²) >= 11 is 0. The molecule has 102 valence electrons. The summed E-state index contributed by atoms with van der Waals surface area (Å²) in [6.45, 7) is 6.02. The number of carboxylic acid groups (broad SMARTS) is 1. The molecule has 0 aromatic carbocycles. The van der Waals surface area contributed by atoms with E-state index < -0.39 is 11.5 Å². The second kappa shape index (κ2) is 9.35. The molecular weight excluding hydrogens is 226 g/mol. The fraction of sp³-hybridized carbons (Fsp3) is 0.909. The van der Waals surface area contributed by atoms with E-state index in [9.17, 15) is 4.79 Å². The highest BCUT2D eigenvalue weighted by Gasteiger charge is 2.32. The highest BCUT2D eigenvalue weighted by atomic mass is 16.5. The van der Waals surface area contributed by atoms with Crippen LogP contribution in [0.3, 0.4) is 0 Å². The fourth-order valence-corrected chi connectivity index (χ4v) is 1.22. The molecule has 0 radical (unpaired) electrons. The molecule has 0 fully saturated rings. The van der Waals surface area contributed by atoms with Crippen molar-refractivity contribution in [3.63, 3.8) is 0 Å². The quantitative estimate of drug-likeness (QED) is 0.506. The topological polar surface area (TPSA) is 77.0 Å². The predicted octanol–water partition coefficient (Wildman–Crippen LogP) is 0.119. The van der Waals surface area contributed by atoms with Crippen molar-refractivity contribution in [2.75, 3.05) is 46.7 Å². The third-order valence-corrected chi connectivity index (χ3v) is 2.23. The van der Waals surface area contributed by atoms with Crippen molar-refractivity contribution >= 4 is 5.97 Å². The highest BCUT2D eigenvalue weighted by Crippen LogP contribution is 2.04. The number of aliphatic carboxylic acids is 1. The first-order chi connectivity index (χ1) is 8.06. The second-order valence-corrected chi connectivity index (χ2v) is 3.83. The third kappa shape index (κ3) is 7.27.